The van der Waals surface area contributed by atoms with Crippen LogP contribution in [0.3, 0.4) is 0 Å². The highest BCUT2D eigenvalue weighted by atomic mass is 28.4. The van der Waals surface area contributed by atoms with Crippen LogP contribution in [-0.4, -0.2) is 23.5 Å². The molecule has 1 fully saturated rings. The molecule has 0 N–H and O–H groups in total. The van der Waals surface area contributed by atoms with Crippen molar-refractivity contribution in [3.63, 3.8) is 0 Å². The molecule has 0 aromatic heterocycles. The van der Waals surface area contributed by atoms with Crippen molar-refractivity contribution in [2.45, 2.75) is 63.1 Å². The summed E-state index contributed by atoms with van der Waals surface area (Å²) in [4.78, 5) is 0. The predicted molar refractivity (Wildman–Crippen MR) is 64.7 cm³/mol. The first kappa shape index (κ1) is 14.2. The molecule has 1 saturated heterocycles. The number of hydrogen-bond donors (Lipinski definition) is 0. The summed E-state index contributed by atoms with van der Waals surface area (Å²) in [6.45, 7) is 4.12. The second-order valence-electron chi connectivity index (χ2n) is 5.09. The Bertz CT molecular complexity index is 223. The van der Waals surface area contributed by atoms with Crippen LogP contribution in [-0.2, 0) is 4.12 Å². The van der Waals surface area contributed by atoms with Crippen molar-refractivity contribution >= 4 is 17.4 Å². The van der Waals surface area contributed by atoms with E-state index in [0.717, 1.165) is 18.5 Å². The van der Waals surface area contributed by atoms with Gasteiger partial charge < -0.3 is 4.12 Å². The topological polar surface area (TPSA) is 9.23 Å². The maximum atomic E-state index is 12.2. The van der Waals surface area contributed by atoms with Crippen LogP contribution in [0.1, 0.15) is 25.7 Å². The van der Waals surface area contributed by atoms with Gasteiger partial charge in [-0.15, -0.1) is 0 Å². The summed E-state index contributed by atoms with van der Waals surface area (Å²) >= 11 is 0. The Kier molecular flexibility index (Phi) is 5.06. The van der Waals surface area contributed by atoms with Crippen LogP contribution in [0, 0.1) is 0 Å². The van der Waals surface area contributed by atoms with Gasteiger partial charge in [-0.05, 0) is 31.2 Å². The number of alkyl halides is 3. The maximum absolute atomic E-state index is 12.2. The van der Waals surface area contributed by atoms with E-state index in [2.05, 4.69) is 6.55 Å². The van der Waals surface area contributed by atoms with Crippen molar-refractivity contribution in [3.05, 3.63) is 0 Å². The van der Waals surface area contributed by atoms with E-state index in [1.165, 1.54) is 12.8 Å². The molecule has 0 spiro atoms. The van der Waals surface area contributed by atoms with E-state index in [9.17, 15) is 13.2 Å². The van der Waals surface area contributed by atoms with Crippen molar-refractivity contribution in [1.82, 2.24) is 0 Å². The minimum Gasteiger partial charge on any atom is -0.458 e. The zero-order chi connectivity index (χ0) is 12.2. The lowest BCUT2D eigenvalue weighted by molar-refractivity contribution is -0.131. The molecule has 0 bridgehead atoms. The third kappa shape index (κ3) is 5.49. The molecule has 1 rings (SSSR count). The van der Waals surface area contributed by atoms with Gasteiger partial charge in [-0.2, -0.15) is 13.2 Å². The van der Waals surface area contributed by atoms with Crippen LogP contribution in [0.5, 0.6) is 0 Å². The van der Waals surface area contributed by atoms with Gasteiger partial charge in [0.25, 0.3) is 0 Å². The van der Waals surface area contributed by atoms with Crippen LogP contribution in [0.2, 0.25) is 31.2 Å². The summed E-state index contributed by atoms with van der Waals surface area (Å²) in [7, 11) is -3.24. The van der Waals surface area contributed by atoms with Crippen LogP contribution in [0.4, 0.5) is 13.2 Å². The molecular weight excluding hydrogens is 249 g/mol. The third-order valence-electron chi connectivity index (χ3n) is 3.24. The third-order valence-corrected chi connectivity index (χ3v) is 11.1. The van der Waals surface area contributed by atoms with Crippen LogP contribution >= 0.6 is 0 Å². The molecule has 0 aromatic rings. The predicted octanol–water partition coefficient (Wildman–Crippen LogP) is 4.07. The van der Waals surface area contributed by atoms with Crippen molar-refractivity contribution in [1.29, 1.82) is 0 Å². The van der Waals surface area contributed by atoms with E-state index >= 15 is 0 Å². The Hall–Kier alpha value is 0.184. The standard InChI is InChI=1S/C10H21F3OSi2/c1-15-7-4-3-5-8-16(2,14-15)9-6-10(11,12)13/h15H,3-9H2,1-2H3. The van der Waals surface area contributed by atoms with Crippen molar-refractivity contribution in [2.24, 2.45) is 0 Å². The van der Waals surface area contributed by atoms with Gasteiger partial charge in [-0.1, -0.05) is 19.3 Å². The Balaban J connectivity index is 2.50. The molecule has 16 heavy (non-hydrogen) atoms. The smallest absolute Gasteiger partial charge is 0.388 e. The summed E-state index contributed by atoms with van der Waals surface area (Å²) in [5, 5.41) is 0. The first-order chi connectivity index (χ1) is 7.31. The molecule has 2 unspecified atom stereocenters. The molecule has 0 amide bonds. The van der Waals surface area contributed by atoms with E-state index in [0.29, 0.717) is 0 Å². The fourth-order valence-electron chi connectivity index (χ4n) is 2.30. The van der Waals surface area contributed by atoms with Crippen molar-refractivity contribution < 1.29 is 17.3 Å². The van der Waals surface area contributed by atoms with Crippen molar-refractivity contribution in [3.8, 4) is 0 Å². The molecule has 1 aliphatic rings. The van der Waals surface area contributed by atoms with Gasteiger partial charge in [0.1, 0.15) is 0 Å². The van der Waals surface area contributed by atoms with Crippen LogP contribution < -0.4 is 0 Å². The molecule has 0 saturated carbocycles. The molecule has 0 aliphatic carbocycles. The number of rotatable bonds is 2. The van der Waals surface area contributed by atoms with Gasteiger partial charge in [-0.25, -0.2) is 0 Å². The Morgan fingerprint density at radius 3 is 2.56 bits per heavy atom. The average molecular weight is 270 g/mol. The largest absolute Gasteiger partial charge is 0.458 e. The SMILES string of the molecule is C[SiH]1CCCCC[Si](C)(CCC(F)(F)F)O1. The average Bonchev–Trinajstić information content (AvgIpc) is 2.11. The summed E-state index contributed by atoms with van der Waals surface area (Å²) < 4.78 is 42.8. The lowest BCUT2D eigenvalue weighted by Gasteiger charge is -2.33. The number of hydrogen-bond acceptors (Lipinski definition) is 1. The van der Waals surface area contributed by atoms with Gasteiger partial charge in [-0.3, -0.25) is 0 Å². The van der Waals surface area contributed by atoms with Crippen LogP contribution in [0.25, 0.3) is 0 Å². The van der Waals surface area contributed by atoms with Gasteiger partial charge in [0.2, 0.25) is 0 Å². The van der Waals surface area contributed by atoms with Crippen molar-refractivity contribution in [2.75, 3.05) is 0 Å². The van der Waals surface area contributed by atoms with E-state index in [1.54, 1.807) is 0 Å². The normalized spacial score (nSPS) is 33.2. The quantitative estimate of drug-likeness (QED) is 0.687. The fourth-order valence-corrected chi connectivity index (χ4v) is 10.5. The van der Waals surface area contributed by atoms with E-state index in [1.807, 2.05) is 6.55 Å². The van der Waals surface area contributed by atoms with Crippen LogP contribution in [0.15, 0.2) is 0 Å². The maximum Gasteiger partial charge on any atom is 0.388 e. The molecule has 1 heterocycles. The van der Waals surface area contributed by atoms with E-state index < -0.39 is 30.0 Å². The molecule has 6 heteroatoms. The lowest BCUT2D eigenvalue weighted by atomic mass is 10.3. The first-order valence-electron chi connectivity index (χ1n) is 6.05. The summed E-state index contributed by atoms with van der Waals surface area (Å²) in [5.41, 5.74) is 0. The molecule has 0 radical (unpaired) electrons. The molecule has 0 aromatic carbocycles. The molecule has 1 aliphatic heterocycles. The minimum absolute atomic E-state index is 0.258. The fraction of sp³-hybridized carbons (Fsp3) is 1.00. The van der Waals surface area contributed by atoms with E-state index in [4.69, 9.17) is 4.12 Å². The van der Waals surface area contributed by atoms with E-state index in [-0.39, 0.29) is 6.04 Å². The summed E-state index contributed by atoms with van der Waals surface area (Å²) in [6, 6.07) is 2.31. The zero-order valence-electron chi connectivity index (χ0n) is 10.1. The van der Waals surface area contributed by atoms with Gasteiger partial charge in [0.15, 0.2) is 17.4 Å². The van der Waals surface area contributed by atoms with Gasteiger partial charge in [0.05, 0.1) is 0 Å². The zero-order valence-corrected chi connectivity index (χ0v) is 12.2. The Morgan fingerprint density at radius 1 is 1.25 bits per heavy atom. The highest BCUT2D eigenvalue weighted by molar-refractivity contribution is 6.79. The minimum atomic E-state index is -4.02. The highest BCUT2D eigenvalue weighted by Gasteiger charge is 2.37. The number of halogens is 3. The first-order valence-corrected chi connectivity index (χ1v) is 11.3. The second kappa shape index (κ2) is 5.68. The molecule has 96 valence electrons. The van der Waals surface area contributed by atoms with Gasteiger partial charge >= 0.3 is 6.18 Å². The van der Waals surface area contributed by atoms with Gasteiger partial charge in [0, 0.05) is 6.42 Å². The molecule has 2 atom stereocenters. The monoisotopic (exact) mass is 270 g/mol. The highest BCUT2D eigenvalue weighted by Crippen LogP contribution is 2.32. The molecule has 1 nitrogen and oxygen atoms in total. The molecular formula is C10H21F3OSi2. The Labute approximate surface area is 98.2 Å². The summed E-state index contributed by atoms with van der Waals surface area (Å²) in [6.07, 6.45) is -1.24. The lowest BCUT2D eigenvalue weighted by Crippen LogP contribution is -2.41. The Morgan fingerprint density at radius 2 is 1.94 bits per heavy atom. The second-order valence-corrected chi connectivity index (χ2v) is 12.1. The summed E-state index contributed by atoms with van der Waals surface area (Å²) in [5.74, 6) is 0.